The zero-order valence-corrected chi connectivity index (χ0v) is 17.3. The van der Waals surface area contributed by atoms with Gasteiger partial charge in [-0.25, -0.2) is 0 Å². The maximum Gasteiger partial charge on any atom is 0.184 e. The van der Waals surface area contributed by atoms with Crippen LogP contribution in [-0.2, 0) is 22.6 Å². The van der Waals surface area contributed by atoms with E-state index in [0.29, 0.717) is 6.54 Å². The van der Waals surface area contributed by atoms with E-state index in [0.717, 1.165) is 54.6 Å². The number of aliphatic hydroxyl groups excluding tert-OH is 2. The molecule has 30 heavy (non-hydrogen) atoms. The second-order valence-corrected chi connectivity index (χ2v) is 8.27. The van der Waals surface area contributed by atoms with Crippen LogP contribution in [0, 0.1) is 0 Å². The third kappa shape index (κ3) is 4.91. The van der Waals surface area contributed by atoms with Crippen molar-refractivity contribution in [2.45, 2.75) is 57.0 Å². The summed E-state index contributed by atoms with van der Waals surface area (Å²) in [6.45, 7) is 2.52. The highest BCUT2D eigenvalue weighted by Crippen LogP contribution is 2.38. The highest BCUT2D eigenvalue weighted by atomic mass is 16.7. The first-order chi connectivity index (χ1) is 14.7. The van der Waals surface area contributed by atoms with Gasteiger partial charge in [-0.15, -0.1) is 0 Å². The van der Waals surface area contributed by atoms with Gasteiger partial charge in [-0.2, -0.15) is 0 Å². The Hall–Kier alpha value is -1.80. The number of benzene rings is 2. The molecule has 0 radical (unpaired) electrons. The van der Waals surface area contributed by atoms with Crippen molar-refractivity contribution in [3.05, 3.63) is 70.8 Å². The average Bonchev–Trinajstić information content (AvgIpc) is 3.26. The van der Waals surface area contributed by atoms with Gasteiger partial charge in [-0.1, -0.05) is 48.5 Å². The van der Waals surface area contributed by atoms with Gasteiger partial charge in [0.05, 0.1) is 25.4 Å². The zero-order valence-electron chi connectivity index (χ0n) is 17.3. The van der Waals surface area contributed by atoms with Crippen molar-refractivity contribution in [3.63, 3.8) is 0 Å². The van der Waals surface area contributed by atoms with Crippen LogP contribution in [0.5, 0.6) is 0 Å². The average molecular weight is 413 g/mol. The van der Waals surface area contributed by atoms with Crippen LogP contribution < -0.4 is 5.73 Å². The van der Waals surface area contributed by atoms with Crippen molar-refractivity contribution in [2.75, 3.05) is 19.7 Å². The Morgan fingerprint density at radius 2 is 1.63 bits per heavy atom. The lowest BCUT2D eigenvalue weighted by Crippen LogP contribution is -2.42. The third-order valence-corrected chi connectivity index (χ3v) is 6.25. The summed E-state index contributed by atoms with van der Waals surface area (Å²) in [6.07, 6.45) is 2.37. The molecule has 0 aliphatic carbocycles. The summed E-state index contributed by atoms with van der Waals surface area (Å²) in [5.74, 6) is 0. The van der Waals surface area contributed by atoms with Crippen molar-refractivity contribution in [3.8, 4) is 0 Å². The van der Waals surface area contributed by atoms with Crippen LogP contribution in [0.3, 0.4) is 0 Å². The second kappa shape index (κ2) is 10.0. The molecular formula is C24H32N2O4. The second-order valence-electron chi connectivity index (χ2n) is 8.27. The summed E-state index contributed by atoms with van der Waals surface area (Å²) >= 11 is 0. The lowest BCUT2D eigenvalue weighted by Gasteiger charge is -2.38. The fraction of sp³-hybridized carbons (Fsp3) is 0.500. The van der Waals surface area contributed by atoms with E-state index in [2.05, 4.69) is 4.90 Å². The van der Waals surface area contributed by atoms with Crippen molar-refractivity contribution >= 4 is 0 Å². The lowest BCUT2D eigenvalue weighted by molar-refractivity contribution is -0.253. The van der Waals surface area contributed by atoms with Crippen LogP contribution in [0.1, 0.15) is 53.9 Å². The first kappa shape index (κ1) is 21.4. The molecule has 0 amide bonds. The van der Waals surface area contributed by atoms with Gasteiger partial charge in [0, 0.05) is 31.1 Å². The van der Waals surface area contributed by atoms with E-state index in [1.807, 2.05) is 48.5 Å². The van der Waals surface area contributed by atoms with Gasteiger partial charge < -0.3 is 25.4 Å². The molecule has 4 atom stereocenters. The van der Waals surface area contributed by atoms with E-state index in [1.165, 1.54) is 0 Å². The number of hydrogen-bond acceptors (Lipinski definition) is 6. The molecule has 0 unspecified atom stereocenters. The van der Waals surface area contributed by atoms with Gasteiger partial charge in [0.15, 0.2) is 6.29 Å². The van der Waals surface area contributed by atoms with Gasteiger partial charge in [0.25, 0.3) is 0 Å². The predicted octanol–water partition coefficient (Wildman–Crippen LogP) is 2.64. The summed E-state index contributed by atoms with van der Waals surface area (Å²) in [4.78, 5) is 2.34. The molecule has 2 aromatic rings. The molecule has 162 valence electrons. The first-order valence-corrected chi connectivity index (χ1v) is 10.8. The zero-order chi connectivity index (χ0) is 20.9. The molecule has 2 aliphatic rings. The normalized spacial score (nSPS) is 27.4. The molecule has 2 heterocycles. The third-order valence-electron chi connectivity index (χ3n) is 6.25. The van der Waals surface area contributed by atoms with Crippen LogP contribution in [-0.4, -0.2) is 47.0 Å². The van der Waals surface area contributed by atoms with Gasteiger partial charge in [-0.05, 0) is 36.1 Å². The van der Waals surface area contributed by atoms with Gasteiger partial charge >= 0.3 is 0 Å². The molecule has 0 spiro atoms. The van der Waals surface area contributed by atoms with Crippen molar-refractivity contribution < 1.29 is 19.7 Å². The van der Waals surface area contributed by atoms with Gasteiger partial charge in [0.2, 0.25) is 0 Å². The summed E-state index contributed by atoms with van der Waals surface area (Å²) < 4.78 is 12.8. The fourth-order valence-corrected chi connectivity index (χ4v) is 4.45. The fourth-order valence-electron chi connectivity index (χ4n) is 4.45. The molecule has 2 fully saturated rings. The topological polar surface area (TPSA) is 88.2 Å². The molecule has 0 saturated carbocycles. The van der Waals surface area contributed by atoms with E-state index < -0.39 is 6.29 Å². The molecular weight excluding hydrogens is 380 g/mol. The number of nitrogens with zero attached hydrogens (tertiary/aromatic N) is 1. The van der Waals surface area contributed by atoms with Crippen LogP contribution in [0.4, 0.5) is 0 Å². The highest BCUT2D eigenvalue weighted by molar-refractivity contribution is 5.26. The smallest absolute Gasteiger partial charge is 0.184 e. The number of ether oxygens (including phenoxy) is 2. The van der Waals surface area contributed by atoms with Crippen molar-refractivity contribution in [2.24, 2.45) is 5.73 Å². The standard InChI is InChI=1S/C24H32N2O4/c25-13-17-3-9-20(10-4-17)24-29-22(14-26-11-1-2-21(26)16-28)12-23(30-24)19-7-5-18(15-27)6-8-19/h3-10,21-24,27-28H,1-2,11-16,25H2/t21-,22-,23+,24+/m0/s1. The Morgan fingerprint density at radius 1 is 0.933 bits per heavy atom. The minimum absolute atomic E-state index is 0.00704. The van der Waals surface area contributed by atoms with Crippen molar-refractivity contribution in [1.82, 2.24) is 4.90 Å². The molecule has 2 aliphatic heterocycles. The minimum atomic E-state index is -0.451. The summed E-state index contributed by atoms with van der Waals surface area (Å²) in [5, 5.41) is 19.0. The molecule has 6 nitrogen and oxygen atoms in total. The summed E-state index contributed by atoms with van der Waals surface area (Å²) in [7, 11) is 0. The van der Waals surface area contributed by atoms with E-state index in [9.17, 15) is 10.2 Å². The van der Waals surface area contributed by atoms with Crippen LogP contribution >= 0.6 is 0 Å². The largest absolute Gasteiger partial charge is 0.395 e. The Kier molecular flexibility index (Phi) is 7.15. The lowest BCUT2D eigenvalue weighted by atomic mass is 9.99. The van der Waals surface area contributed by atoms with Gasteiger partial charge in [0.1, 0.15) is 0 Å². The van der Waals surface area contributed by atoms with Gasteiger partial charge in [-0.3, -0.25) is 4.90 Å². The maximum atomic E-state index is 9.69. The van der Waals surface area contributed by atoms with Crippen molar-refractivity contribution in [1.29, 1.82) is 0 Å². The molecule has 2 aromatic carbocycles. The minimum Gasteiger partial charge on any atom is -0.395 e. The van der Waals surface area contributed by atoms with E-state index >= 15 is 0 Å². The molecule has 0 aromatic heterocycles. The number of aliphatic hydroxyl groups is 2. The Morgan fingerprint density at radius 3 is 2.30 bits per heavy atom. The molecule has 2 saturated heterocycles. The van der Waals surface area contributed by atoms with E-state index in [-0.39, 0.29) is 31.5 Å². The van der Waals surface area contributed by atoms with Crippen LogP contribution in [0.2, 0.25) is 0 Å². The SMILES string of the molecule is NCc1ccc([C@@H]2O[C@H](CN3CCC[C@H]3CO)C[C@H](c3ccc(CO)cc3)O2)cc1. The quantitative estimate of drug-likeness (QED) is 0.648. The maximum absolute atomic E-state index is 9.69. The number of rotatable bonds is 7. The van der Waals surface area contributed by atoms with E-state index in [1.54, 1.807) is 0 Å². The summed E-state index contributed by atoms with van der Waals surface area (Å²) in [6, 6.07) is 16.2. The van der Waals surface area contributed by atoms with E-state index in [4.69, 9.17) is 15.2 Å². The Balaban J connectivity index is 1.54. The Bertz CT molecular complexity index is 740. The number of nitrogens with two attached hydrogens (primary N) is 1. The first-order valence-electron chi connectivity index (χ1n) is 10.8. The monoisotopic (exact) mass is 412 g/mol. The van der Waals surface area contributed by atoms with Crippen LogP contribution in [0.25, 0.3) is 0 Å². The molecule has 4 rings (SSSR count). The number of hydrogen-bond donors (Lipinski definition) is 3. The molecule has 4 N–H and O–H groups in total. The molecule has 6 heteroatoms. The summed E-state index contributed by atoms with van der Waals surface area (Å²) in [5.41, 5.74) is 9.76. The van der Waals surface area contributed by atoms with Crippen LogP contribution in [0.15, 0.2) is 48.5 Å². The Labute approximate surface area is 178 Å². The molecule has 0 bridgehead atoms. The highest BCUT2D eigenvalue weighted by Gasteiger charge is 2.35. The predicted molar refractivity (Wildman–Crippen MR) is 114 cm³/mol. The number of likely N-dealkylation sites (tertiary alicyclic amines) is 1.